The molecular weight excluding hydrogens is 336 g/mol. The average Bonchev–Trinajstić information content (AvgIpc) is 3.17. The fraction of sp³-hybridized carbons (Fsp3) is 0.111. The molecule has 0 aliphatic carbocycles. The van der Waals surface area contributed by atoms with Crippen molar-refractivity contribution in [1.29, 1.82) is 5.41 Å². The Kier molecular flexibility index (Phi) is 3.65. The molecule has 0 saturated heterocycles. The first-order valence-corrected chi connectivity index (χ1v) is 7.80. The van der Waals surface area contributed by atoms with Gasteiger partial charge in [-0.1, -0.05) is 6.07 Å². The lowest BCUT2D eigenvalue weighted by atomic mass is 10.2. The Morgan fingerprint density at radius 1 is 1.31 bits per heavy atom. The SMILES string of the molecule is COC(=O)c1cc2c(=O)n3ccccc3nc2n(Cc2ccco2)c1=N. The monoisotopic (exact) mass is 350 g/mol. The quantitative estimate of drug-likeness (QED) is 0.446. The van der Waals surface area contributed by atoms with Gasteiger partial charge in [-0.15, -0.1) is 0 Å². The third kappa shape index (κ3) is 2.39. The van der Waals surface area contributed by atoms with Crippen LogP contribution in [0.2, 0.25) is 0 Å². The number of carbonyl (C=O) groups is 1. The van der Waals surface area contributed by atoms with Gasteiger partial charge in [0.15, 0.2) is 0 Å². The van der Waals surface area contributed by atoms with E-state index in [9.17, 15) is 9.59 Å². The van der Waals surface area contributed by atoms with E-state index in [1.54, 1.807) is 36.5 Å². The van der Waals surface area contributed by atoms with Gasteiger partial charge in [0.2, 0.25) is 0 Å². The van der Waals surface area contributed by atoms with Crippen LogP contribution >= 0.6 is 0 Å². The highest BCUT2D eigenvalue weighted by Crippen LogP contribution is 2.13. The second-order valence-corrected chi connectivity index (χ2v) is 5.65. The number of methoxy groups -OCH3 is 1. The molecule has 4 aromatic rings. The maximum Gasteiger partial charge on any atom is 0.341 e. The molecule has 0 unspecified atom stereocenters. The lowest BCUT2D eigenvalue weighted by Gasteiger charge is -2.13. The van der Waals surface area contributed by atoms with Crippen molar-refractivity contribution in [2.45, 2.75) is 6.54 Å². The Morgan fingerprint density at radius 3 is 2.88 bits per heavy atom. The van der Waals surface area contributed by atoms with Gasteiger partial charge < -0.3 is 13.7 Å². The highest BCUT2D eigenvalue weighted by Gasteiger charge is 2.18. The lowest BCUT2D eigenvalue weighted by molar-refractivity contribution is 0.0597. The van der Waals surface area contributed by atoms with Crippen molar-refractivity contribution in [2.75, 3.05) is 7.11 Å². The minimum absolute atomic E-state index is 0.0127. The number of carbonyl (C=O) groups excluding carboxylic acids is 1. The van der Waals surface area contributed by atoms with Crippen LogP contribution in [0.25, 0.3) is 16.7 Å². The fourth-order valence-corrected chi connectivity index (χ4v) is 2.86. The van der Waals surface area contributed by atoms with E-state index in [1.807, 2.05) is 0 Å². The fourth-order valence-electron chi connectivity index (χ4n) is 2.86. The van der Waals surface area contributed by atoms with Gasteiger partial charge in [-0.05, 0) is 30.3 Å². The van der Waals surface area contributed by atoms with E-state index < -0.39 is 5.97 Å². The number of ether oxygens (including phenoxy) is 1. The number of rotatable bonds is 3. The molecule has 0 saturated carbocycles. The van der Waals surface area contributed by atoms with Crippen LogP contribution in [0.4, 0.5) is 0 Å². The molecule has 0 aromatic carbocycles. The minimum atomic E-state index is -0.692. The predicted molar refractivity (Wildman–Crippen MR) is 92.0 cm³/mol. The molecule has 130 valence electrons. The van der Waals surface area contributed by atoms with Crippen LogP contribution in [-0.4, -0.2) is 27.0 Å². The first-order chi connectivity index (χ1) is 12.6. The van der Waals surface area contributed by atoms with Crippen molar-refractivity contribution in [3.05, 3.63) is 76.0 Å². The molecule has 0 fully saturated rings. The molecule has 0 spiro atoms. The van der Waals surface area contributed by atoms with Crippen LogP contribution in [0.1, 0.15) is 16.1 Å². The van der Waals surface area contributed by atoms with Crippen LogP contribution in [0.5, 0.6) is 0 Å². The van der Waals surface area contributed by atoms with E-state index in [-0.39, 0.29) is 28.5 Å². The number of hydrogen-bond acceptors (Lipinski definition) is 6. The minimum Gasteiger partial charge on any atom is -0.467 e. The molecule has 4 aromatic heterocycles. The smallest absolute Gasteiger partial charge is 0.341 e. The molecule has 26 heavy (non-hydrogen) atoms. The van der Waals surface area contributed by atoms with Crippen LogP contribution < -0.4 is 11.0 Å². The largest absolute Gasteiger partial charge is 0.467 e. The van der Waals surface area contributed by atoms with Crippen LogP contribution in [-0.2, 0) is 11.3 Å². The maximum atomic E-state index is 12.9. The van der Waals surface area contributed by atoms with Gasteiger partial charge in [-0.2, -0.15) is 0 Å². The van der Waals surface area contributed by atoms with Crippen LogP contribution in [0, 0.1) is 5.41 Å². The van der Waals surface area contributed by atoms with E-state index in [4.69, 9.17) is 14.6 Å². The molecule has 0 atom stereocenters. The van der Waals surface area contributed by atoms with E-state index in [2.05, 4.69) is 4.98 Å². The Labute approximate surface area is 146 Å². The summed E-state index contributed by atoms with van der Waals surface area (Å²) in [5.41, 5.74) is 0.303. The summed E-state index contributed by atoms with van der Waals surface area (Å²) in [5.74, 6) is -0.121. The second-order valence-electron chi connectivity index (χ2n) is 5.65. The summed E-state index contributed by atoms with van der Waals surface area (Å²) in [6.45, 7) is 0.155. The molecule has 4 heterocycles. The topological polar surface area (TPSA) is 103 Å². The number of nitrogens with one attached hydrogen (secondary N) is 1. The molecule has 8 nitrogen and oxygen atoms in total. The molecule has 1 N–H and O–H groups in total. The summed E-state index contributed by atoms with van der Waals surface area (Å²) in [7, 11) is 1.23. The number of pyridine rings is 2. The highest BCUT2D eigenvalue weighted by molar-refractivity contribution is 5.93. The molecule has 4 rings (SSSR count). The van der Waals surface area contributed by atoms with Crippen molar-refractivity contribution in [3.63, 3.8) is 0 Å². The van der Waals surface area contributed by atoms with E-state index in [1.165, 1.54) is 28.4 Å². The van der Waals surface area contributed by atoms with E-state index in [0.717, 1.165) is 0 Å². The molecule has 8 heteroatoms. The van der Waals surface area contributed by atoms with Crippen molar-refractivity contribution in [3.8, 4) is 0 Å². The Balaban J connectivity index is 2.14. The van der Waals surface area contributed by atoms with Gasteiger partial charge in [0.1, 0.15) is 28.1 Å². The first kappa shape index (κ1) is 15.8. The van der Waals surface area contributed by atoms with Crippen LogP contribution in [0.3, 0.4) is 0 Å². The van der Waals surface area contributed by atoms with Crippen molar-refractivity contribution < 1.29 is 13.9 Å². The number of fused-ring (bicyclic) bond motifs is 2. The maximum absolute atomic E-state index is 12.9. The van der Waals surface area contributed by atoms with Crippen molar-refractivity contribution >= 4 is 22.6 Å². The molecule has 0 bridgehead atoms. The Hall–Kier alpha value is -3.68. The lowest BCUT2D eigenvalue weighted by Crippen LogP contribution is -2.30. The summed E-state index contributed by atoms with van der Waals surface area (Å²) in [6, 6.07) is 10.0. The zero-order valence-corrected chi connectivity index (χ0v) is 13.8. The zero-order valence-electron chi connectivity index (χ0n) is 13.8. The molecule has 0 aliphatic heterocycles. The Bertz CT molecular complexity index is 1250. The van der Waals surface area contributed by atoms with Gasteiger partial charge in [0.05, 0.1) is 25.3 Å². The number of nitrogens with zero attached hydrogens (tertiary/aromatic N) is 3. The van der Waals surface area contributed by atoms with Gasteiger partial charge in [-0.3, -0.25) is 14.6 Å². The summed E-state index contributed by atoms with van der Waals surface area (Å²) in [6.07, 6.45) is 3.12. The highest BCUT2D eigenvalue weighted by atomic mass is 16.5. The normalized spacial score (nSPS) is 11.1. The summed E-state index contributed by atoms with van der Waals surface area (Å²) in [5, 5.41) is 8.63. The number of furan rings is 1. The molecular formula is C18H14N4O4. The number of aromatic nitrogens is 3. The van der Waals surface area contributed by atoms with Crippen molar-refractivity contribution in [1.82, 2.24) is 14.0 Å². The Morgan fingerprint density at radius 2 is 2.15 bits per heavy atom. The summed E-state index contributed by atoms with van der Waals surface area (Å²) in [4.78, 5) is 29.5. The standard InChI is InChI=1S/C18H14N4O4/c1-25-18(24)12-9-13-16(20-14-6-2-3-7-21(14)17(13)23)22(15(12)19)10-11-5-4-8-26-11/h2-9,19H,10H2,1H3. The van der Waals surface area contributed by atoms with Gasteiger partial charge in [-0.25, -0.2) is 9.78 Å². The third-order valence-corrected chi connectivity index (χ3v) is 4.12. The summed E-state index contributed by atoms with van der Waals surface area (Å²) >= 11 is 0. The van der Waals surface area contributed by atoms with Crippen LogP contribution in [0.15, 0.2) is 58.1 Å². The third-order valence-electron chi connectivity index (χ3n) is 4.12. The number of esters is 1. The predicted octanol–water partition coefficient (Wildman–Crippen LogP) is 1.56. The van der Waals surface area contributed by atoms with E-state index in [0.29, 0.717) is 17.1 Å². The first-order valence-electron chi connectivity index (χ1n) is 7.80. The van der Waals surface area contributed by atoms with Gasteiger partial charge in [0, 0.05) is 6.20 Å². The summed E-state index contributed by atoms with van der Waals surface area (Å²) < 4.78 is 13.0. The average molecular weight is 350 g/mol. The second kappa shape index (κ2) is 5.99. The molecule has 0 radical (unpaired) electrons. The van der Waals surface area contributed by atoms with Crippen molar-refractivity contribution in [2.24, 2.45) is 0 Å². The number of hydrogen-bond donors (Lipinski definition) is 1. The van der Waals surface area contributed by atoms with E-state index >= 15 is 0 Å². The molecule has 0 amide bonds. The van der Waals surface area contributed by atoms with Gasteiger partial charge in [0.25, 0.3) is 5.56 Å². The zero-order chi connectivity index (χ0) is 18.3. The van der Waals surface area contributed by atoms with Gasteiger partial charge >= 0.3 is 5.97 Å². The molecule has 0 aliphatic rings.